The maximum absolute atomic E-state index is 12.1. The molecule has 4 nitrogen and oxygen atoms in total. The number of hydrogen-bond donors (Lipinski definition) is 1. The van der Waals surface area contributed by atoms with E-state index in [4.69, 9.17) is 5.26 Å². The van der Waals surface area contributed by atoms with E-state index >= 15 is 0 Å². The molecule has 1 heterocycles. The number of piperidine rings is 1. The summed E-state index contributed by atoms with van der Waals surface area (Å²) in [5.74, 6) is 0.413. The van der Waals surface area contributed by atoms with E-state index in [-0.39, 0.29) is 5.91 Å². The van der Waals surface area contributed by atoms with Crippen molar-refractivity contribution in [1.82, 2.24) is 4.90 Å². The summed E-state index contributed by atoms with van der Waals surface area (Å²) in [6.07, 6.45) is 3.63. The third kappa shape index (κ3) is 4.55. The first kappa shape index (κ1) is 14.9. The number of nitrogens with one attached hydrogen (secondary N) is 1. The first-order valence-electron chi connectivity index (χ1n) is 6.90. The lowest BCUT2D eigenvalue weighted by Gasteiger charge is -2.25. The lowest BCUT2D eigenvalue weighted by molar-refractivity contribution is -0.117. The highest BCUT2D eigenvalue weighted by atomic mass is 32.2. The first-order valence-corrected chi connectivity index (χ1v) is 7.89. The van der Waals surface area contributed by atoms with Crippen LogP contribution >= 0.6 is 11.8 Å². The van der Waals surface area contributed by atoms with E-state index in [9.17, 15) is 4.79 Å². The largest absolute Gasteiger partial charge is 0.324 e. The van der Waals surface area contributed by atoms with Crippen LogP contribution in [0.2, 0.25) is 0 Å². The summed E-state index contributed by atoms with van der Waals surface area (Å²) in [5, 5.41) is 11.6. The molecule has 2 rings (SSSR count). The molecule has 1 fully saturated rings. The van der Waals surface area contributed by atoms with E-state index in [0.29, 0.717) is 12.3 Å². The van der Waals surface area contributed by atoms with Gasteiger partial charge in [0.2, 0.25) is 5.91 Å². The molecule has 5 heteroatoms. The number of nitrogens with zero attached hydrogens (tertiary/aromatic N) is 2. The Hall–Kier alpha value is -1.51. The fourth-order valence-electron chi connectivity index (χ4n) is 2.32. The zero-order valence-corrected chi connectivity index (χ0v) is 12.3. The molecule has 0 radical (unpaired) electrons. The van der Waals surface area contributed by atoms with Gasteiger partial charge in [-0.15, -0.1) is 11.8 Å². The number of thioether (sulfide) groups is 1. The van der Waals surface area contributed by atoms with Crippen LogP contribution in [-0.2, 0) is 4.79 Å². The summed E-state index contributed by atoms with van der Waals surface area (Å²) in [6.45, 7) is 2.48. The van der Waals surface area contributed by atoms with Crippen LogP contribution in [0, 0.1) is 11.3 Å². The number of likely N-dealkylation sites (tertiary alicyclic amines) is 1. The summed E-state index contributed by atoms with van der Waals surface area (Å²) in [7, 11) is 0. The Morgan fingerprint density at radius 2 is 2.05 bits per heavy atom. The van der Waals surface area contributed by atoms with Crippen LogP contribution < -0.4 is 5.32 Å². The topological polar surface area (TPSA) is 56.1 Å². The molecule has 0 aromatic heterocycles. The second-order valence-electron chi connectivity index (χ2n) is 4.83. The molecule has 0 aliphatic carbocycles. The van der Waals surface area contributed by atoms with Crippen LogP contribution in [0.5, 0.6) is 0 Å². The highest BCUT2D eigenvalue weighted by Crippen LogP contribution is 2.26. The van der Waals surface area contributed by atoms with Gasteiger partial charge in [0.05, 0.1) is 24.1 Å². The van der Waals surface area contributed by atoms with E-state index in [0.717, 1.165) is 23.7 Å². The molecule has 1 saturated heterocycles. The van der Waals surface area contributed by atoms with Gasteiger partial charge in [0, 0.05) is 4.90 Å². The van der Waals surface area contributed by atoms with Gasteiger partial charge < -0.3 is 5.32 Å². The number of carbonyl (C=O) groups is 1. The normalized spacial score (nSPS) is 15.6. The highest BCUT2D eigenvalue weighted by molar-refractivity contribution is 7.99. The van der Waals surface area contributed by atoms with Gasteiger partial charge in [-0.3, -0.25) is 9.69 Å². The van der Waals surface area contributed by atoms with E-state index in [1.165, 1.54) is 31.0 Å². The van der Waals surface area contributed by atoms with Crippen molar-refractivity contribution >= 4 is 23.4 Å². The van der Waals surface area contributed by atoms with Crippen LogP contribution in [-0.4, -0.2) is 36.2 Å². The van der Waals surface area contributed by atoms with Crippen molar-refractivity contribution in [2.75, 3.05) is 30.7 Å². The zero-order valence-electron chi connectivity index (χ0n) is 11.5. The number of anilines is 1. The molecule has 1 amide bonds. The Balaban J connectivity index is 1.91. The van der Waals surface area contributed by atoms with Crippen molar-refractivity contribution in [1.29, 1.82) is 5.26 Å². The van der Waals surface area contributed by atoms with Crippen molar-refractivity contribution in [2.24, 2.45) is 0 Å². The molecule has 0 spiro atoms. The molecular weight excluding hydrogens is 270 g/mol. The van der Waals surface area contributed by atoms with Gasteiger partial charge in [-0.05, 0) is 38.1 Å². The maximum atomic E-state index is 12.1. The lowest BCUT2D eigenvalue weighted by atomic mass is 10.1. The van der Waals surface area contributed by atoms with Gasteiger partial charge in [-0.25, -0.2) is 0 Å². The van der Waals surface area contributed by atoms with Crippen LogP contribution in [0.15, 0.2) is 29.2 Å². The molecule has 20 heavy (non-hydrogen) atoms. The van der Waals surface area contributed by atoms with Crippen molar-refractivity contribution in [3.63, 3.8) is 0 Å². The summed E-state index contributed by atoms with van der Waals surface area (Å²) >= 11 is 1.45. The summed E-state index contributed by atoms with van der Waals surface area (Å²) in [4.78, 5) is 15.2. The SMILES string of the molecule is N#CCSc1ccccc1NC(=O)CN1CCCCC1. The second-order valence-corrected chi connectivity index (χ2v) is 5.85. The Morgan fingerprint density at radius 3 is 2.80 bits per heavy atom. The molecule has 0 atom stereocenters. The number of hydrogen-bond acceptors (Lipinski definition) is 4. The molecule has 1 aromatic carbocycles. The number of para-hydroxylation sites is 1. The third-order valence-corrected chi connectivity index (χ3v) is 4.21. The number of benzene rings is 1. The van der Waals surface area contributed by atoms with Gasteiger partial charge in [0.25, 0.3) is 0 Å². The molecule has 1 aliphatic rings. The number of rotatable bonds is 5. The Morgan fingerprint density at radius 1 is 1.30 bits per heavy atom. The summed E-state index contributed by atoms with van der Waals surface area (Å²) in [5.41, 5.74) is 0.801. The van der Waals surface area contributed by atoms with Crippen molar-refractivity contribution in [2.45, 2.75) is 24.2 Å². The first-order chi connectivity index (χ1) is 9.79. The van der Waals surface area contributed by atoms with E-state index < -0.39 is 0 Å². The average molecular weight is 289 g/mol. The molecular formula is C15H19N3OS. The van der Waals surface area contributed by atoms with Gasteiger partial charge in [0.1, 0.15) is 0 Å². The Bertz CT molecular complexity index is 492. The highest BCUT2D eigenvalue weighted by Gasteiger charge is 2.14. The Labute approximate surface area is 124 Å². The van der Waals surface area contributed by atoms with Gasteiger partial charge >= 0.3 is 0 Å². The zero-order chi connectivity index (χ0) is 14.2. The molecule has 0 saturated carbocycles. The van der Waals surface area contributed by atoms with Crippen LogP contribution in [0.4, 0.5) is 5.69 Å². The smallest absolute Gasteiger partial charge is 0.238 e. The lowest BCUT2D eigenvalue weighted by Crippen LogP contribution is -2.36. The summed E-state index contributed by atoms with van der Waals surface area (Å²) in [6, 6.07) is 9.73. The number of carbonyl (C=O) groups excluding carboxylic acids is 1. The van der Waals surface area contributed by atoms with Gasteiger partial charge in [-0.1, -0.05) is 18.6 Å². The van der Waals surface area contributed by atoms with Crippen LogP contribution in [0.25, 0.3) is 0 Å². The van der Waals surface area contributed by atoms with Crippen molar-refractivity contribution in [3.05, 3.63) is 24.3 Å². The molecule has 1 aromatic rings. The Kier molecular flexibility index (Phi) is 5.90. The van der Waals surface area contributed by atoms with Crippen LogP contribution in [0.3, 0.4) is 0 Å². The average Bonchev–Trinajstić information content (AvgIpc) is 2.47. The fraction of sp³-hybridized carbons (Fsp3) is 0.467. The second kappa shape index (κ2) is 7.93. The third-order valence-electron chi connectivity index (χ3n) is 3.27. The summed E-state index contributed by atoms with van der Waals surface area (Å²) < 4.78 is 0. The molecule has 1 aliphatic heterocycles. The standard InChI is InChI=1S/C15H19N3OS/c16-8-11-20-14-7-3-2-6-13(14)17-15(19)12-18-9-4-1-5-10-18/h2-3,6-7H,1,4-5,9-12H2,(H,17,19). The molecule has 0 bridgehead atoms. The van der Waals surface area contributed by atoms with E-state index in [2.05, 4.69) is 16.3 Å². The van der Waals surface area contributed by atoms with Gasteiger partial charge in [-0.2, -0.15) is 5.26 Å². The molecule has 106 valence electrons. The minimum Gasteiger partial charge on any atom is -0.324 e. The molecule has 0 unspecified atom stereocenters. The van der Waals surface area contributed by atoms with Crippen LogP contribution in [0.1, 0.15) is 19.3 Å². The van der Waals surface area contributed by atoms with Gasteiger partial charge in [0.15, 0.2) is 0 Å². The minimum atomic E-state index is 0.0249. The maximum Gasteiger partial charge on any atom is 0.238 e. The molecule has 1 N–H and O–H groups in total. The monoisotopic (exact) mass is 289 g/mol. The number of nitriles is 1. The quantitative estimate of drug-likeness (QED) is 0.847. The van der Waals surface area contributed by atoms with Crippen molar-refractivity contribution < 1.29 is 4.79 Å². The van der Waals surface area contributed by atoms with Crippen molar-refractivity contribution in [3.8, 4) is 6.07 Å². The predicted molar refractivity (Wildman–Crippen MR) is 81.7 cm³/mol. The fourth-order valence-corrected chi connectivity index (χ4v) is 2.99. The minimum absolute atomic E-state index is 0.0249. The predicted octanol–water partition coefficient (Wildman–Crippen LogP) is 2.73. The number of amides is 1. The van der Waals surface area contributed by atoms with E-state index in [1.54, 1.807) is 0 Å². The van der Waals surface area contributed by atoms with E-state index in [1.807, 2.05) is 24.3 Å².